The Morgan fingerprint density at radius 3 is 2.87 bits per heavy atom. The molecule has 1 atom stereocenters. The zero-order chi connectivity index (χ0) is 16.6. The van der Waals surface area contributed by atoms with Crippen LogP contribution in [0.3, 0.4) is 0 Å². The number of fused-ring (bicyclic) bond motifs is 3. The third-order valence-corrected chi connectivity index (χ3v) is 4.89. The lowest BCUT2D eigenvalue weighted by molar-refractivity contribution is -0.121. The second-order valence-corrected chi connectivity index (χ2v) is 6.33. The summed E-state index contributed by atoms with van der Waals surface area (Å²) in [5.74, 6) is 0.326. The molecule has 124 valence electrons. The molecular formula is C16H18Cl2N2O3. The lowest BCUT2D eigenvalue weighted by atomic mass is 9.96. The first-order valence-electron chi connectivity index (χ1n) is 7.46. The number of aromatic amines is 1. The van der Waals surface area contributed by atoms with Crippen molar-refractivity contribution in [1.82, 2.24) is 10.3 Å². The first-order chi connectivity index (χ1) is 11.0. The van der Waals surface area contributed by atoms with Crippen LogP contribution in [0.4, 0.5) is 0 Å². The maximum absolute atomic E-state index is 12.2. The maximum atomic E-state index is 12.2. The summed E-state index contributed by atoms with van der Waals surface area (Å²) in [6, 6.07) is 1.70. The van der Waals surface area contributed by atoms with Crippen molar-refractivity contribution in [2.45, 2.75) is 19.3 Å². The molecule has 1 aliphatic rings. The third kappa shape index (κ3) is 2.89. The highest BCUT2D eigenvalue weighted by molar-refractivity contribution is 6.45. The van der Waals surface area contributed by atoms with Gasteiger partial charge in [0.15, 0.2) is 0 Å². The highest BCUT2D eigenvalue weighted by Gasteiger charge is 2.29. The van der Waals surface area contributed by atoms with E-state index in [2.05, 4.69) is 10.3 Å². The number of H-pyrrole nitrogens is 1. The summed E-state index contributed by atoms with van der Waals surface area (Å²) in [7, 11) is 1.61. The highest BCUT2D eigenvalue weighted by atomic mass is 35.5. The number of ether oxygens (including phenoxy) is 2. The molecular weight excluding hydrogens is 339 g/mol. The van der Waals surface area contributed by atoms with Crippen molar-refractivity contribution in [3.05, 3.63) is 27.4 Å². The highest BCUT2D eigenvalue weighted by Crippen LogP contribution is 2.43. The van der Waals surface area contributed by atoms with Crippen molar-refractivity contribution in [2.75, 3.05) is 26.9 Å². The number of hydrogen-bond acceptors (Lipinski definition) is 3. The fourth-order valence-corrected chi connectivity index (χ4v) is 3.37. The molecule has 2 heterocycles. The molecule has 2 aromatic rings. The smallest absolute Gasteiger partial charge is 0.227 e. The van der Waals surface area contributed by atoms with Gasteiger partial charge >= 0.3 is 0 Å². The molecule has 0 aliphatic carbocycles. The summed E-state index contributed by atoms with van der Waals surface area (Å²) >= 11 is 12.6. The van der Waals surface area contributed by atoms with Crippen molar-refractivity contribution < 1.29 is 14.3 Å². The van der Waals surface area contributed by atoms with Crippen LogP contribution in [0.1, 0.15) is 24.1 Å². The molecule has 0 bridgehead atoms. The van der Waals surface area contributed by atoms with E-state index in [1.54, 1.807) is 13.2 Å². The molecule has 0 fully saturated rings. The molecule has 2 N–H and O–H groups in total. The number of methoxy groups -OCH3 is 1. The Balaban J connectivity index is 2.20. The summed E-state index contributed by atoms with van der Waals surface area (Å²) in [6.45, 7) is 3.33. The standard InChI is InChI=1S/C16H18Cl2N2O3/c1-8-12-10(3-4-19-16(8)21)20-15-13(12)11(23-6-5-22-2)7-9(17)14(15)18/h7-8,20H,3-6H2,1-2H3,(H,19,21). The molecule has 1 aromatic carbocycles. The fraction of sp³-hybridized carbons (Fsp3) is 0.438. The Labute approximate surface area is 144 Å². The first kappa shape index (κ1) is 16.4. The van der Waals surface area contributed by atoms with Crippen LogP contribution >= 0.6 is 23.2 Å². The predicted octanol–water partition coefficient (Wildman–Crippen LogP) is 3.28. The number of hydrogen-bond donors (Lipinski definition) is 2. The number of amides is 1. The maximum Gasteiger partial charge on any atom is 0.227 e. The van der Waals surface area contributed by atoms with Gasteiger partial charge in [-0.05, 0) is 12.5 Å². The van der Waals surface area contributed by atoms with Crippen molar-refractivity contribution in [1.29, 1.82) is 0 Å². The number of rotatable bonds is 4. The Morgan fingerprint density at radius 2 is 2.13 bits per heavy atom. The topological polar surface area (TPSA) is 63.4 Å². The largest absolute Gasteiger partial charge is 0.490 e. The van der Waals surface area contributed by atoms with Crippen molar-refractivity contribution in [3.8, 4) is 5.75 Å². The van der Waals surface area contributed by atoms with Gasteiger partial charge in [0.25, 0.3) is 0 Å². The van der Waals surface area contributed by atoms with Crippen LogP contribution in [0.25, 0.3) is 10.9 Å². The van der Waals surface area contributed by atoms with Gasteiger partial charge < -0.3 is 19.8 Å². The Kier molecular flexibility index (Phi) is 4.71. The monoisotopic (exact) mass is 356 g/mol. The van der Waals surface area contributed by atoms with Crippen molar-refractivity contribution >= 4 is 40.0 Å². The summed E-state index contributed by atoms with van der Waals surface area (Å²) < 4.78 is 10.9. The van der Waals surface area contributed by atoms with Crippen molar-refractivity contribution in [3.63, 3.8) is 0 Å². The molecule has 1 unspecified atom stereocenters. The minimum atomic E-state index is -0.289. The number of aromatic nitrogens is 1. The van der Waals surface area contributed by atoms with Crippen LogP contribution in [0.2, 0.25) is 10.0 Å². The molecule has 1 aromatic heterocycles. The van der Waals surface area contributed by atoms with E-state index in [9.17, 15) is 4.79 Å². The molecule has 0 spiro atoms. The van der Waals surface area contributed by atoms with E-state index in [1.165, 1.54) is 0 Å². The third-order valence-electron chi connectivity index (χ3n) is 4.10. The van der Waals surface area contributed by atoms with Gasteiger partial charge in [-0.2, -0.15) is 0 Å². The Bertz CT molecular complexity index is 758. The van der Waals surface area contributed by atoms with E-state index in [-0.39, 0.29) is 11.8 Å². The number of benzene rings is 1. The molecule has 3 rings (SSSR count). The van der Waals surface area contributed by atoms with E-state index in [0.717, 1.165) is 22.2 Å². The minimum absolute atomic E-state index is 0.00133. The second kappa shape index (κ2) is 6.59. The van der Waals surface area contributed by atoms with E-state index in [1.807, 2.05) is 6.92 Å². The zero-order valence-electron chi connectivity index (χ0n) is 13.0. The van der Waals surface area contributed by atoms with E-state index >= 15 is 0 Å². The summed E-state index contributed by atoms with van der Waals surface area (Å²) in [4.78, 5) is 15.5. The second-order valence-electron chi connectivity index (χ2n) is 5.54. The van der Waals surface area contributed by atoms with Crippen molar-refractivity contribution in [2.24, 2.45) is 0 Å². The number of nitrogens with one attached hydrogen (secondary N) is 2. The average Bonchev–Trinajstić information content (AvgIpc) is 2.85. The molecule has 0 radical (unpaired) electrons. The first-order valence-corrected chi connectivity index (χ1v) is 8.22. The molecule has 0 saturated heterocycles. The lowest BCUT2D eigenvalue weighted by Gasteiger charge is -2.13. The number of carbonyl (C=O) groups excluding carboxylic acids is 1. The van der Waals surface area contributed by atoms with Gasteiger partial charge in [-0.25, -0.2) is 0 Å². The van der Waals surface area contributed by atoms with Gasteiger partial charge in [-0.3, -0.25) is 4.79 Å². The quantitative estimate of drug-likeness (QED) is 0.826. The van der Waals surface area contributed by atoms with E-state index in [0.29, 0.717) is 42.0 Å². The molecule has 5 nitrogen and oxygen atoms in total. The van der Waals surface area contributed by atoms with Crippen LogP contribution in [0.5, 0.6) is 5.75 Å². The normalized spacial score (nSPS) is 17.7. The van der Waals surface area contributed by atoms with Crippen LogP contribution in [-0.2, 0) is 16.0 Å². The SMILES string of the molecule is COCCOc1cc(Cl)c(Cl)c2[nH]c3c(c12)C(C)C(=O)NCC3. The molecule has 0 saturated carbocycles. The Hall–Kier alpha value is -1.43. The fourth-order valence-electron chi connectivity index (χ4n) is 2.98. The summed E-state index contributed by atoms with van der Waals surface area (Å²) in [6.07, 6.45) is 0.714. The van der Waals surface area contributed by atoms with Gasteiger partial charge in [0.1, 0.15) is 12.4 Å². The molecule has 23 heavy (non-hydrogen) atoms. The number of halogens is 2. The van der Waals surface area contributed by atoms with Gasteiger partial charge in [0, 0.05) is 37.2 Å². The Morgan fingerprint density at radius 1 is 1.35 bits per heavy atom. The van der Waals surface area contributed by atoms with Gasteiger partial charge in [0.2, 0.25) is 5.91 Å². The van der Waals surface area contributed by atoms with Crippen LogP contribution < -0.4 is 10.1 Å². The van der Waals surface area contributed by atoms with Gasteiger partial charge in [-0.15, -0.1) is 0 Å². The van der Waals surface area contributed by atoms with Crippen LogP contribution in [-0.4, -0.2) is 37.8 Å². The van der Waals surface area contributed by atoms with Gasteiger partial charge in [0.05, 0.1) is 28.1 Å². The summed E-state index contributed by atoms with van der Waals surface area (Å²) in [5.41, 5.74) is 2.64. The molecule has 7 heteroatoms. The molecule has 1 amide bonds. The zero-order valence-corrected chi connectivity index (χ0v) is 14.5. The summed E-state index contributed by atoms with van der Waals surface area (Å²) in [5, 5.41) is 4.60. The van der Waals surface area contributed by atoms with E-state index in [4.69, 9.17) is 32.7 Å². The van der Waals surface area contributed by atoms with E-state index < -0.39 is 0 Å². The van der Waals surface area contributed by atoms with Gasteiger partial charge in [-0.1, -0.05) is 23.2 Å². The average molecular weight is 357 g/mol. The molecule has 1 aliphatic heterocycles. The predicted molar refractivity (Wildman–Crippen MR) is 90.8 cm³/mol. The van der Waals surface area contributed by atoms with Crippen LogP contribution in [0, 0.1) is 0 Å². The lowest BCUT2D eigenvalue weighted by Crippen LogP contribution is -2.26. The minimum Gasteiger partial charge on any atom is -0.490 e. The number of carbonyl (C=O) groups is 1. The van der Waals surface area contributed by atoms with Crippen LogP contribution in [0.15, 0.2) is 6.07 Å².